The van der Waals surface area contributed by atoms with E-state index < -0.39 is 0 Å². The Bertz CT molecular complexity index is 655. The SMILES string of the molecule is CC(=CCC1=CC(=O)C(C)=CC1=O)CCCC(C)=CC(=O)CC(C)C. The minimum Gasteiger partial charge on any atom is -0.295 e. The lowest BCUT2D eigenvalue weighted by Gasteiger charge is -2.08. The van der Waals surface area contributed by atoms with Crippen LogP contribution in [-0.2, 0) is 14.4 Å². The third-order valence-corrected chi connectivity index (χ3v) is 4.19. The highest BCUT2D eigenvalue weighted by atomic mass is 16.1. The lowest BCUT2D eigenvalue weighted by molar-refractivity contribution is -0.115. The second-order valence-electron chi connectivity index (χ2n) is 7.39. The van der Waals surface area contributed by atoms with Crippen LogP contribution in [0.1, 0.15) is 66.7 Å². The fourth-order valence-electron chi connectivity index (χ4n) is 2.70. The number of allylic oxidation sites excluding steroid dienone is 8. The summed E-state index contributed by atoms with van der Waals surface area (Å²) in [7, 11) is 0. The van der Waals surface area contributed by atoms with Gasteiger partial charge in [-0.15, -0.1) is 0 Å². The molecule has 1 rings (SSSR count). The molecule has 0 bridgehead atoms. The number of carbonyl (C=O) groups excluding carboxylic acids is 3. The molecule has 0 fully saturated rings. The molecule has 0 aromatic rings. The minimum absolute atomic E-state index is 0.0661. The van der Waals surface area contributed by atoms with Crippen LogP contribution in [0.4, 0.5) is 0 Å². The molecule has 0 amide bonds. The van der Waals surface area contributed by atoms with Crippen molar-refractivity contribution in [1.29, 1.82) is 0 Å². The molecule has 1 aliphatic carbocycles. The Kier molecular flexibility index (Phi) is 8.47. The molecule has 0 aromatic heterocycles. The Labute approximate surface area is 151 Å². The Balaban J connectivity index is 2.43. The zero-order chi connectivity index (χ0) is 19.0. The number of ketones is 3. The summed E-state index contributed by atoms with van der Waals surface area (Å²) in [6, 6.07) is 0. The molecule has 0 aromatic carbocycles. The fraction of sp³-hybridized carbons (Fsp3) is 0.500. The van der Waals surface area contributed by atoms with Crippen molar-refractivity contribution in [3.8, 4) is 0 Å². The van der Waals surface area contributed by atoms with Crippen LogP contribution in [0, 0.1) is 5.92 Å². The highest BCUT2D eigenvalue weighted by molar-refractivity contribution is 6.19. The first kappa shape index (κ1) is 21.0. The molecule has 0 unspecified atom stereocenters. The lowest BCUT2D eigenvalue weighted by Crippen LogP contribution is -2.11. The lowest BCUT2D eigenvalue weighted by atomic mass is 9.95. The maximum absolute atomic E-state index is 11.9. The summed E-state index contributed by atoms with van der Waals surface area (Å²) >= 11 is 0. The molecule has 3 heteroatoms. The Morgan fingerprint density at radius 3 is 2.32 bits per heavy atom. The quantitative estimate of drug-likeness (QED) is 0.333. The average Bonchev–Trinajstić information content (AvgIpc) is 2.48. The zero-order valence-electron chi connectivity index (χ0n) is 16.1. The molecular weight excluding hydrogens is 312 g/mol. The zero-order valence-corrected chi connectivity index (χ0v) is 16.1. The molecule has 25 heavy (non-hydrogen) atoms. The molecule has 0 spiro atoms. The van der Waals surface area contributed by atoms with Crippen molar-refractivity contribution in [1.82, 2.24) is 0 Å². The summed E-state index contributed by atoms with van der Waals surface area (Å²) < 4.78 is 0. The first-order valence-corrected chi connectivity index (χ1v) is 9.02. The van der Waals surface area contributed by atoms with Gasteiger partial charge in [0.15, 0.2) is 17.3 Å². The van der Waals surface area contributed by atoms with Crippen LogP contribution in [0.3, 0.4) is 0 Å². The van der Waals surface area contributed by atoms with Gasteiger partial charge in [0.25, 0.3) is 0 Å². The summed E-state index contributed by atoms with van der Waals surface area (Å²) in [5.74, 6) is 0.454. The largest absolute Gasteiger partial charge is 0.295 e. The summed E-state index contributed by atoms with van der Waals surface area (Å²) in [6.07, 6.45) is 10.6. The van der Waals surface area contributed by atoms with E-state index in [0.29, 0.717) is 29.9 Å². The normalized spacial score (nSPS) is 16.2. The van der Waals surface area contributed by atoms with E-state index in [1.54, 1.807) is 13.0 Å². The van der Waals surface area contributed by atoms with Gasteiger partial charge in [-0.3, -0.25) is 14.4 Å². The van der Waals surface area contributed by atoms with E-state index in [9.17, 15) is 14.4 Å². The number of hydrogen-bond donors (Lipinski definition) is 0. The second-order valence-corrected chi connectivity index (χ2v) is 7.39. The summed E-state index contributed by atoms with van der Waals surface area (Å²) in [5.41, 5.74) is 3.39. The van der Waals surface area contributed by atoms with Gasteiger partial charge in [-0.05, 0) is 70.6 Å². The molecule has 0 atom stereocenters. The van der Waals surface area contributed by atoms with E-state index in [4.69, 9.17) is 0 Å². The van der Waals surface area contributed by atoms with Gasteiger partial charge >= 0.3 is 0 Å². The van der Waals surface area contributed by atoms with Crippen LogP contribution in [-0.4, -0.2) is 17.3 Å². The van der Waals surface area contributed by atoms with Crippen molar-refractivity contribution < 1.29 is 14.4 Å². The van der Waals surface area contributed by atoms with Gasteiger partial charge < -0.3 is 0 Å². The average molecular weight is 342 g/mol. The molecule has 136 valence electrons. The predicted octanol–water partition coefficient (Wildman–Crippen LogP) is 5.08. The first-order valence-electron chi connectivity index (χ1n) is 9.02. The van der Waals surface area contributed by atoms with Gasteiger partial charge in [0, 0.05) is 17.6 Å². The van der Waals surface area contributed by atoms with Crippen LogP contribution >= 0.6 is 0 Å². The van der Waals surface area contributed by atoms with Crippen molar-refractivity contribution in [2.45, 2.75) is 66.7 Å². The Hall–Kier alpha value is -2.03. The third-order valence-electron chi connectivity index (χ3n) is 4.19. The first-order chi connectivity index (χ1) is 11.7. The highest BCUT2D eigenvalue weighted by Gasteiger charge is 2.16. The van der Waals surface area contributed by atoms with Gasteiger partial charge in [0.05, 0.1) is 0 Å². The van der Waals surface area contributed by atoms with E-state index in [1.165, 1.54) is 17.7 Å². The van der Waals surface area contributed by atoms with Crippen LogP contribution < -0.4 is 0 Å². The van der Waals surface area contributed by atoms with E-state index in [2.05, 4.69) is 0 Å². The van der Waals surface area contributed by atoms with Gasteiger partial charge in [0.2, 0.25) is 0 Å². The van der Waals surface area contributed by atoms with Crippen molar-refractivity contribution >= 4 is 17.3 Å². The van der Waals surface area contributed by atoms with Crippen molar-refractivity contribution in [2.75, 3.05) is 0 Å². The molecule has 3 nitrogen and oxygen atoms in total. The molecule has 1 aliphatic rings. The molecule has 0 aliphatic heterocycles. The van der Waals surface area contributed by atoms with Crippen molar-refractivity contribution in [3.63, 3.8) is 0 Å². The van der Waals surface area contributed by atoms with E-state index in [1.807, 2.05) is 33.8 Å². The maximum atomic E-state index is 11.9. The Morgan fingerprint density at radius 1 is 1.04 bits per heavy atom. The summed E-state index contributed by atoms with van der Waals surface area (Å²) in [4.78, 5) is 35.3. The van der Waals surface area contributed by atoms with Crippen molar-refractivity contribution in [3.05, 3.63) is 46.6 Å². The molecule has 0 radical (unpaired) electrons. The van der Waals surface area contributed by atoms with Gasteiger partial charge in [-0.2, -0.15) is 0 Å². The molecule has 0 heterocycles. The Morgan fingerprint density at radius 2 is 1.68 bits per heavy atom. The van der Waals surface area contributed by atoms with E-state index in [-0.39, 0.29) is 17.3 Å². The summed E-state index contributed by atoms with van der Waals surface area (Å²) in [5, 5.41) is 0. The van der Waals surface area contributed by atoms with Crippen LogP contribution in [0.5, 0.6) is 0 Å². The van der Waals surface area contributed by atoms with E-state index in [0.717, 1.165) is 24.8 Å². The van der Waals surface area contributed by atoms with Crippen molar-refractivity contribution in [2.24, 2.45) is 5.92 Å². The number of carbonyl (C=O) groups is 3. The minimum atomic E-state index is -0.0764. The van der Waals surface area contributed by atoms with Gasteiger partial charge in [-0.1, -0.05) is 31.1 Å². The monoisotopic (exact) mass is 342 g/mol. The van der Waals surface area contributed by atoms with Gasteiger partial charge in [0.1, 0.15) is 0 Å². The summed E-state index contributed by atoms with van der Waals surface area (Å²) in [6.45, 7) is 9.80. The maximum Gasteiger partial charge on any atom is 0.182 e. The highest BCUT2D eigenvalue weighted by Crippen LogP contribution is 2.18. The number of hydrogen-bond acceptors (Lipinski definition) is 3. The van der Waals surface area contributed by atoms with Crippen LogP contribution in [0.25, 0.3) is 0 Å². The van der Waals surface area contributed by atoms with Crippen LogP contribution in [0.15, 0.2) is 46.6 Å². The van der Waals surface area contributed by atoms with Gasteiger partial charge in [-0.25, -0.2) is 0 Å². The molecule has 0 N–H and O–H groups in total. The third kappa shape index (κ3) is 8.06. The molecule has 0 saturated carbocycles. The smallest absolute Gasteiger partial charge is 0.182 e. The second kappa shape index (κ2) is 10.1. The van der Waals surface area contributed by atoms with E-state index >= 15 is 0 Å². The van der Waals surface area contributed by atoms with Crippen LogP contribution in [0.2, 0.25) is 0 Å². The molecule has 0 saturated heterocycles. The predicted molar refractivity (Wildman–Crippen MR) is 102 cm³/mol. The molecular formula is C22H30O3. The topological polar surface area (TPSA) is 51.2 Å². The number of rotatable bonds is 9. The standard InChI is InChI=1S/C22H30O3/c1-15(2)11-20(23)12-17(4)8-6-7-16(3)9-10-19-14-21(24)18(5)13-22(19)25/h9,12-15H,6-8,10-11H2,1-5H3. The fourth-order valence-corrected chi connectivity index (χ4v) is 2.70.